The highest BCUT2D eigenvalue weighted by Gasteiger charge is 2.09. The molecule has 0 bridgehead atoms. The van der Waals surface area contributed by atoms with Crippen LogP contribution < -0.4 is 16.0 Å². The Balaban J connectivity index is 1.44. The number of aryl methyl sites for hydroxylation is 1. The Morgan fingerprint density at radius 1 is 0.871 bits per heavy atom. The first-order chi connectivity index (χ1) is 15.0. The SMILES string of the molecule is O=C(CCc1ccccc1Cl)NC(=S)Nc1ccc(C(=O)NCc2ccccc2)cc1. The molecule has 3 aromatic carbocycles. The highest BCUT2D eigenvalue weighted by atomic mass is 35.5. The zero-order valence-corrected chi connectivity index (χ0v) is 18.3. The topological polar surface area (TPSA) is 70.2 Å². The molecule has 7 heteroatoms. The lowest BCUT2D eigenvalue weighted by Gasteiger charge is -2.11. The Morgan fingerprint density at radius 2 is 1.55 bits per heavy atom. The fraction of sp³-hybridized carbons (Fsp3) is 0.125. The monoisotopic (exact) mass is 451 g/mol. The van der Waals surface area contributed by atoms with E-state index in [9.17, 15) is 9.59 Å². The Kier molecular flexibility index (Phi) is 8.15. The summed E-state index contributed by atoms with van der Waals surface area (Å²) in [4.78, 5) is 24.4. The zero-order valence-electron chi connectivity index (χ0n) is 16.7. The molecule has 0 heterocycles. The molecule has 3 N–H and O–H groups in total. The standard InChI is InChI=1S/C24H22ClN3O2S/c25-21-9-5-4-8-18(21)12-15-22(29)28-24(31)27-20-13-10-19(11-14-20)23(30)26-16-17-6-2-1-3-7-17/h1-11,13-14H,12,15-16H2,(H,26,30)(H2,27,28,29,31). The highest BCUT2D eigenvalue weighted by Crippen LogP contribution is 2.16. The first kappa shape index (κ1) is 22.5. The third kappa shape index (κ3) is 7.20. The first-order valence-electron chi connectivity index (χ1n) is 9.77. The normalized spacial score (nSPS) is 10.2. The number of carbonyl (C=O) groups excluding carboxylic acids is 2. The Bertz CT molecular complexity index is 1060. The second kappa shape index (κ2) is 11.2. The Morgan fingerprint density at radius 3 is 2.26 bits per heavy atom. The fourth-order valence-electron chi connectivity index (χ4n) is 2.89. The second-order valence-corrected chi connectivity index (χ2v) is 7.65. The van der Waals surface area contributed by atoms with Crippen LogP contribution in [0.3, 0.4) is 0 Å². The van der Waals surface area contributed by atoms with Crippen LogP contribution in [0.5, 0.6) is 0 Å². The minimum Gasteiger partial charge on any atom is -0.348 e. The van der Waals surface area contributed by atoms with Crippen molar-refractivity contribution in [2.24, 2.45) is 0 Å². The van der Waals surface area contributed by atoms with Crippen LogP contribution in [0.1, 0.15) is 27.9 Å². The molecule has 0 fully saturated rings. The molecule has 0 saturated heterocycles. The van der Waals surface area contributed by atoms with Gasteiger partial charge in [0.15, 0.2) is 5.11 Å². The van der Waals surface area contributed by atoms with E-state index in [0.717, 1.165) is 11.1 Å². The van der Waals surface area contributed by atoms with Gasteiger partial charge >= 0.3 is 0 Å². The lowest BCUT2D eigenvalue weighted by Crippen LogP contribution is -2.34. The molecule has 158 valence electrons. The largest absolute Gasteiger partial charge is 0.348 e. The molecular formula is C24H22ClN3O2S. The van der Waals surface area contributed by atoms with Crippen LogP contribution in [-0.2, 0) is 17.8 Å². The highest BCUT2D eigenvalue weighted by molar-refractivity contribution is 7.80. The van der Waals surface area contributed by atoms with Crippen molar-refractivity contribution in [3.05, 3.63) is 101 Å². The third-order valence-corrected chi connectivity index (χ3v) is 5.11. The molecule has 2 amide bonds. The van der Waals surface area contributed by atoms with Gasteiger partial charge in [-0.1, -0.05) is 60.1 Å². The second-order valence-electron chi connectivity index (χ2n) is 6.84. The summed E-state index contributed by atoms with van der Waals surface area (Å²) in [7, 11) is 0. The number of anilines is 1. The molecule has 0 aromatic heterocycles. The van der Waals surface area contributed by atoms with Crippen molar-refractivity contribution in [1.82, 2.24) is 10.6 Å². The van der Waals surface area contributed by atoms with Crippen molar-refractivity contribution in [1.29, 1.82) is 0 Å². The van der Waals surface area contributed by atoms with Crippen LogP contribution in [0.4, 0.5) is 5.69 Å². The van der Waals surface area contributed by atoms with E-state index in [1.165, 1.54) is 0 Å². The predicted molar refractivity (Wildman–Crippen MR) is 128 cm³/mol. The van der Waals surface area contributed by atoms with Crippen molar-refractivity contribution in [3.8, 4) is 0 Å². The van der Waals surface area contributed by atoms with Gasteiger partial charge in [0.05, 0.1) is 0 Å². The van der Waals surface area contributed by atoms with Gasteiger partial charge < -0.3 is 16.0 Å². The minimum atomic E-state index is -0.200. The number of amides is 2. The molecule has 0 spiro atoms. The Labute approximate surface area is 191 Å². The van der Waals surface area contributed by atoms with Gasteiger partial charge in [-0.3, -0.25) is 9.59 Å². The molecular weight excluding hydrogens is 430 g/mol. The lowest BCUT2D eigenvalue weighted by atomic mass is 10.1. The van der Waals surface area contributed by atoms with E-state index in [-0.39, 0.29) is 23.3 Å². The number of carbonyl (C=O) groups is 2. The maximum absolute atomic E-state index is 12.3. The molecule has 0 aliphatic heterocycles. The average molecular weight is 452 g/mol. The number of rotatable bonds is 7. The molecule has 31 heavy (non-hydrogen) atoms. The maximum atomic E-state index is 12.3. The molecule has 0 atom stereocenters. The van der Waals surface area contributed by atoms with Crippen LogP contribution in [0.15, 0.2) is 78.9 Å². The van der Waals surface area contributed by atoms with Crippen LogP contribution in [0.25, 0.3) is 0 Å². The molecule has 0 aliphatic rings. The molecule has 3 aromatic rings. The van der Waals surface area contributed by atoms with E-state index in [4.69, 9.17) is 23.8 Å². The number of benzene rings is 3. The third-order valence-electron chi connectivity index (χ3n) is 4.53. The number of halogens is 1. The van der Waals surface area contributed by atoms with E-state index < -0.39 is 0 Å². The first-order valence-corrected chi connectivity index (χ1v) is 10.6. The summed E-state index contributed by atoms with van der Waals surface area (Å²) in [6.07, 6.45) is 0.799. The smallest absolute Gasteiger partial charge is 0.251 e. The Hall–Kier alpha value is -3.22. The predicted octanol–water partition coefficient (Wildman–Crippen LogP) is 4.72. The van der Waals surface area contributed by atoms with Gasteiger partial charge in [-0.05, 0) is 60.1 Å². The van der Waals surface area contributed by atoms with E-state index in [0.29, 0.717) is 29.2 Å². The number of nitrogens with one attached hydrogen (secondary N) is 3. The summed E-state index contributed by atoms with van der Waals surface area (Å²) in [6.45, 7) is 0.462. The lowest BCUT2D eigenvalue weighted by molar-refractivity contribution is -0.119. The van der Waals surface area contributed by atoms with Gasteiger partial charge in [-0.25, -0.2) is 0 Å². The van der Waals surface area contributed by atoms with Crippen molar-refractivity contribution in [2.75, 3.05) is 5.32 Å². The summed E-state index contributed by atoms with van der Waals surface area (Å²) in [5, 5.41) is 9.32. The number of hydrogen-bond acceptors (Lipinski definition) is 3. The van der Waals surface area contributed by atoms with Crippen LogP contribution in [0.2, 0.25) is 5.02 Å². The summed E-state index contributed by atoms with van der Waals surface area (Å²) in [6, 6.07) is 24.0. The summed E-state index contributed by atoms with van der Waals surface area (Å²) < 4.78 is 0. The summed E-state index contributed by atoms with van der Waals surface area (Å²) in [5.74, 6) is -0.361. The zero-order chi connectivity index (χ0) is 22.1. The molecule has 0 radical (unpaired) electrons. The summed E-state index contributed by atoms with van der Waals surface area (Å²) >= 11 is 11.3. The van der Waals surface area contributed by atoms with Gasteiger partial charge in [-0.2, -0.15) is 0 Å². The van der Waals surface area contributed by atoms with Gasteiger partial charge in [0.25, 0.3) is 5.91 Å². The van der Waals surface area contributed by atoms with E-state index in [1.54, 1.807) is 30.3 Å². The van der Waals surface area contributed by atoms with Gasteiger partial charge in [-0.15, -0.1) is 0 Å². The van der Waals surface area contributed by atoms with E-state index in [1.807, 2.05) is 48.5 Å². The summed E-state index contributed by atoms with van der Waals surface area (Å²) in [5.41, 5.74) is 3.16. The fourth-order valence-corrected chi connectivity index (χ4v) is 3.35. The van der Waals surface area contributed by atoms with Crippen LogP contribution in [0, 0.1) is 0 Å². The number of thiocarbonyl (C=S) groups is 1. The average Bonchev–Trinajstić information content (AvgIpc) is 2.78. The molecule has 3 rings (SSSR count). The van der Waals surface area contributed by atoms with Crippen molar-refractivity contribution >= 4 is 46.4 Å². The van der Waals surface area contributed by atoms with Crippen molar-refractivity contribution < 1.29 is 9.59 Å². The van der Waals surface area contributed by atoms with E-state index in [2.05, 4.69) is 16.0 Å². The van der Waals surface area contributed by atoms with Crippen LogP contribution in [-0.4, -0.2) is 16.9 Å². The van der Waals surface area contributed by atoms with Crippen LogP contribution >= 0.6 is 23.8 Å². The maximum Gasteiger partial charge on any atom is 0.251 e. The van der Waals surface area contributed by atoms with E-state index >= 15 is 0 Å². The molecule has 5 nitrogen and oxygen atoms in total. The number of hydrogen-bond donors (Lipinski definition) is 3. The minimum absolute atomic E-state index is 0.161. The molecule has 0 unspecified atom stereocenters. The molecule has 0 saturated carbocycles. The van der Waals surface area contributed by atoms with Gasteiger partial charge in [0.2, 0.25) is 5.91 Å². The van der Waals surface area contributed by atoms with Gasteiger partial charge in [0, 0.05) is 29.2 Å². The van der Waals surface area contributed by atoms with Gasteiger partial charge in [0.1, 0.15) is 0 Å². The van der Waals surface area contributed by atoms with Crippen molar-refractivity contribution in [2.45, 2.75) is 19.4 Å². The molecule has 0 aliphatic carbocycles. The quantitative estimate of drug-likeness (QED) is 0.455. The van der Waals surface area contributed by atoms with Crippen molar-refractivity contribution in [3.63, 3.8) is 0 Å².